The molecule has 0 radical (unpaired) electrons. The van der Waals surface area contributed by atoms with E-state index >= 15 is 0 Å². The number of nitro groups is 1. The van der Waals surface area contributed by atoms with E-state index in [1.165, 1.54) is 24.2 Å². The fourth-order valence-corrected chi connectivity index (χ4v) is 3.98. The summed E-state index contributed by atoms with van der Waals surface area (Å²) in [5, 5.41) is 11.0. The van der Waals surface area contributed by atoms with Gasteiger partial charge in [-0.25, -0.2) is 0 Å². The molecule has 0 spiro atoms. The van der Waals surface area contributed by atoms with Crippen molar-refractivity contribution >= 4 is 16.3 Å². The van der Waals surface area contributed by atoms with E-state index in [2.05, 4.69) is 4.90 Å². The largest absolute Gasteiger partial charge is 0.330 e. The zero-order chi connectivity index (χ0) is 12.7. The smallest absolute Gasteiger partial charge is 0.324 e. The molecule has 0 aromatic carbocycles. The molecule has 3 rings (SSSR count). The Bertz CT molecular complexity index is 458. The molecule has 1 aliphatic carbocycles. The number of nitrogens with zero attached hydrogens (tertiary/aromatic N) is 2. The van der Waals surface area contributed by atoms with Gasteiger partial charge in [0.05, 0.1) is 4.92 Å². The van der Waals surface area contributed by atoms with Crippen LogP contribution in [0.25, 0.3) is 0 Å². The van der Waals surface area contributed by atoms with Crippen LogP contribution in [-0.4, -0.2) is 29.0 Å². The van der Waals surface area contributed by atoms with Crippen molar-refractivity contribution in [2.24, 2.45) is 11.7 Å². The van der Waals surface area contributed by atoms with E-state index < -0.39 is 0 Å². The molecule has 18 heavy (non-hydrogen) atoms. The first-order chi connectivity index (χ1) is 8.70. The van der Waals surface area contributed by atoms with Crippen LogP contribution in [0.5, 0.6) is 0 Å². The molecule has 1 aromatic heterocycles. The van der Waals surface area contributed by atoms with Crippen LogP contribution in [0.1, 0.15) is 30.2 Å². The molecule has 0 amide bonds. The molecule has 98 valence electrons. The van der Waals surface area contributed by atoms with E-state index in [-0.39, 0.29) is 9.92 Å². The van der Waals surface area contributed by atoms with Crippen LogP contribution in [0.3, 0.4) is 0 Å². The second-order valence-electron chi connectivity index (χ2n) is 5.13. The van der Waals surface area contributed by atoms with Crippen molar-refractivity contribution in [3.05, 3.63) is 27.1 Å². The van der Waals surface area contributed by atoms with Gasteiger partial charge in [-0.15, -0.1) is 0 Å². The Balaban J connectivity index is 1.87. The molecule has 1 saturated carbocycles. The zero-order valence-electron chi connectivity index (χ0n) is 10.1. The second kappa shape index (κ2) is 4.60. The third-order valence-electron chi connectivity index (χ3n) is 3.96. The molecule has 2 N–H and O–H groups in total. The van der Waals surface area contributed by atoms with Gasteiger partial charge in [0.15, 0.2) is 0 Å². The van der Waals surface area contributed by atoms with E-state index in [0.717, 1.165) is 17.8 Å². The third kappa shape index (κ3) is 2.04. The van der Waals surface area contributed by atoms with Crippen LogP contribution in [0, 0.1) is 16.0 Å². The van der Waals surface area contributed by atoms with Gasteiger partial charge in [0.25, 0.3) is 0 Å². The molecule has 1 aliphatic heterocycles. The second-order valence-corrected chi connectivity index (χ2v) is 6.23. The highest BCUT2D eigenvalue weighted by Gasteiger charge is 2.43. The summed E-state index contributed by atoms with van der Waals surface area (Å²) >= 11 is 1.31. The highest BCUT2D eigenvalue weighted by atomic mass is 32.1. The van der Waals surface area contributed by atoms with E-state index in [4.69, 9.17) is 5.73 Å². The lowest BCUT2D eigenvalue weighted by atomic mass is 9.99. The standard InChI is InChI=1S/C12H17N3O2S/c13-7-8-5-6-14(9-1-2-9)12(8)10-3-4-11(18-10)15(16)17/h3-4,8-9,12H,1-2,5-7,13H2. The highest BCUT2D eigenvalue weighted by Crippen LogP contribution is 2.46. The van der Waals surface area contributed by atoms with Gasteiger partial charge in [0, 0.05) is 23.0 Å². The minimum atomic E-state index is -0.304. The molecule has 1 saturated heterocycles. The van der Waals surface area contributed by atoms with Gasteiger partial charge in [-0.2, -0.15) is 0 Å². The fraction of sp³-hybridized carbons (Fsp3) is 0.667. The summed E-state index contributed by atoms with van der Waals surface area (Å²) in [4.78, 5) is 14.1. The number of likely N-dealkylation sites (tertiary alicyclic amines) is 1. The first-order valence-corrected chi connectivity index (χ1v) is 7.22. The van der Waals surface area contributed by atoms with Crippen molar-refractivity contribution in [3.63, 3.8) is 0 Å². The van der Waals surface area contributed by atoms with E-state index in [1.54, 1.807) is 6.07 Å². The van der Waals surface area contributed by atoms with Gasteiger partial charge in [-0.1, -0.05) is 11.3 Å². The van der Waals surface area contributed by atoms with E-state index in [0.29, 0.717) is 24.5 Å². The maximum absolute atomic E-state index is 10.8. The Kier molecular flexibility index (Phi) is 3.09. The average molecular weight is 267 g/mol. The van der Waals surface area contributed by atoms with Crippen LogP contribution in [0.4, 0.5) is 5.00 Å². The first kappa shape index (κ1) is 12.1. The summed E-state index contributed by atoms with van der Waals surface area (Å²) in [6.07, 6.45) is 3.64. The maximum atomic E-state index is 10.8. The summed E-state index contributed by atoms with van der Waals surface area (Å²) < 4.78 is 0. The number of thiophene rings is 1. The topological polar surface area (TPSA) is 72.4 Å². The van der Waals surface area contributed by atoms with Crippen molar-refractivity contribution in [1.29, 1.82) is 0 Å². The van der Waals surface area contributed by atoms with Gasteiger partial charge in [0.2, 0.25) is 0 Å². The van der Waals surface area contributed by atoms with Crippen molar-refractivity contribution in [3.8, 4) is 0 Å². The Morgan fingerprint density at radius 1 is 1.44 bits per heavy atom. The molecule has 2 unspecified atom stereocenters. The van der Waals surface area contributed by atoms with Crippen molar-refractivity contribution < 1.29 is 4.92 Å². The zero-order valence-corrected chi connectivity index (χ0v) is 10.9. The number of hydrogen-bond donors (Lipinski definition) is 1. The molecule has 2 aliphatic rings. The van der Waals surface area contributed by atoms with E-state index in [9.17, 15) is 10.1 Å². The van der Waals surface area contributed by atoms with Gasteiger partial charge in [0.1, 0.15) is 0 Å². The summed E-state index contributed by atoms with van der Waals surface area (Å²) in [6.45, 7) is 1.75. The molecular weight excluding hydrogens is 250 g/mol. The predicted molar refractivity (Wildman–Crippen MR) is 70.6 cm³/mol. The summed E-state index contributed by atoms with van der Waals surface area (Å²) in [6, 6.07) is 4.53. The van der Waals surface area contributed by atoms with Crippen LogP contribution in [-0.2, 0) is 0 Å². The summed E-state index contributed by atoms with van der Waals surface area (Å²) in [7, 11) is 0. The molecule has 0 bridgehead atoms. The van der Waals surface area contributed by atoms with Gasteiger partial charge in [-0.05, 0) is 44.3 Å². The summed E-state index contributed by atoms with van der Waals surface area (Å²) in [5.74, 6) is 0.448. The van der Waals surface area contributed by atoms with Crippen LogP contribution in [0.15, 0.2) is 12.1 Å². The average Bonchev–Trinajstić information content (AvgIpc) is 2.94. The third-order valence-corrected chi connectivity index (χ3v) is 5.07. The quantitative estimate of drug-likeness (QED) is 0.670. The Labute approximate surface area is 110 Å². The maximum Gasteiger partial charge on any atom is 0.324 e. The first-order valence-electron chi connectivity index (χ1n) is 6.40. The number of rotatable bonds is 4. The highest BCUT2D eigenvalue weighted by molar-refractivity contribution is 7.15. The van der Waals surface area contributed by atoms with Crippen LogP contribution >= 0.6 is 11.3 Å². The van der Waals surface area contributed by atoms with Crippen LogP contribution < -0.4 is 5.73 Å². The molecule has 1 aromatic rings. The van der Waals surface area contributed by atoms with Gasteiger partial charge < -0.3 is 5.73 Å². The predicted octanol–water partition coefficient (Wildman–Crippen LogP) is 2.14. The SMILES string of the molecule is NCC1CCN(C2CC2)C1c1ccc([N+](=O)[O-])s1. The fourth-order valence-electron chi connectivity index (χ4n) is 2.94. The van der Waals surface area contributed by atoms with E-state index in [1.807, 2.05) is 6.07 Å². The molecule has 2 heterocycles. The van der Waals surface area contributed by atoms with Gasteiger partial charge in [-0.3, -0.25) is 15.0 Å². The Hall–Kier alpha value is -0.980. The molecule has 5 nitrogen and oxygen atoms in total. The lowest BCUT2D eigenvalue weighted by molar-refractivity contribution is -0.380. The summed E-state index contributed by atoms with van der Waals surface area (Å²) in [5.41, 5.74) is 5.86. The number of hydrogen-bond acceptors (Lipinski definition) is 5. The van der Waals surface area contributed by atoms with Gasteiger partial charge >= 0.3 is 5.00 Å². The molecule has 2 fully saturated rings. The monoisotopic (exact) mass is 267 g/mol. The van der Waals surface area contributed by atoms with Crippen molar-refractivity contribution in [2.75, 3.05) is 13.1 Å². The number of nitrogens with two attached hydrogens (primary N) is 1. The minimum absolute atomic E-state index is 0.239. The lowest BCUT2D eigenvalue weighted by Crippen LogP contribution is -2.29. The molecular formula is C12H17N3O2S. The van der Waals surface area contributed by atoms with Crippen molar-refractivity contribution in [2.45, 2.75) is 31.3 Å². The normalized spacial score (nSPS) is 28.7. The lowest BCUT2D eigenvalue weighted by Gasteiger charge is -2.26. The molecule has 2 atom stereocenters. The molecule has 6 heteroatoms. The van der Waals surface area contributed by atoms with Crippen LogP contribution in [0.2, 0.25) is 0 Å². The van der Waals surface area contributed by atoms with Crippen molar-refractivity contribution in [1.82, 2.24) is 4.90 Å². The Morgan fingerprint density at radius 2 is 2.22 bits per heavy atom. The minimum Gasteiger partial charge on any atom is -0.330 e. The Morgan fingerprint density at radius 3 is 2.78 bits per heavy atom.